The molecule has 0 amide bonds. The predicted octanol–water partition coefficient (Wildman–Crippen LogP) is 3.17. The van der Waals surface area contributed by atoms with Crippen LogP contribution in [0.2, 0.25) is 0 Å². The Bertz CT molecular complexity index is 276. The van der Waals surface area contributed by atoms with Gasteiger partial charge in [0.1, 0.15) is 11.5 Å². The first-order valence-electron chi connectivity index (χ1n) is 5.24. The number of unbranched alkanes of at least 4 members (excludes halogenated alkanes) is 2. The maximum Gasteiger partial charge on any atom is 0.122 e. The molecule has 2 nitrogen and oxygen atoms in total. The smallest absolute Gasteiger partial charge is 0.122 e. The van der Waals surface area contributed by atoms with Gasteiger partial charge >= 0.3 is 0 Å². The van der Waals surface area contributed by atoms with Crippen LogP contribution < -0.4 is 9.47 Å². The molecule has 3 heteroatoms. The number of benzene rings is 1. The van der Waals surface area contributed by atoms with E-state index in [0.29, 0.717) is 0 Å². The van der Waals surface area contributed by atoms with E-state index < -0.39 is 0 Å². The summed E-state index contributed by atoms with van der Waals surface area (Å²) in [6, 6.07) is 7.69. The Labute approximate surface area is 97.0 Å². The third kappa shape index (κ3) is 4.98. The van der Waals surface area contributed by atoms with Crippen LogP contribution in [0.3, 0.4) is 0 Å². The van der Waals surface area contributed by atoms with Gasteiger partial charge in [0, 0.05) is 6.07 Å². The van der Waals surface area contributed by atoms with Crippen LogP contribution in [0.5, 0.6) is 11.5 Å². The molecular weight excluding hydrogens is 208 g/mol. The quantitative estimate of drug-likeness (QED) is 0.568. The van der Waals surface area contributed by atoms with Gasteiger partial charge in [-0.2, -0.15) is 12.6 Å². The van der Waals surface area contributed by atoms with E-state index in [2.05, 4.69) is 12.6 Å². The summed E-state index contributed by atoms with van der Waals surface area (Å²) in [5.41, 5.74) is 0. The van der Waals surface area contributed by atoms with Crippen molar-refractivity contribution in [2.45, 2.75) is 19.3 Å². The monoisotopic (exact) mass is 226 g/mol. The lowest BCUT2D eigenvalue weighted by atomic mass is 10.2. The zero-order valence-corrected chi connectivity index (χ0v) is 10.0. The summed E-state index contributed by atoms with van der Waals surface area (Å²) in [5, 5.41) is 0. The number of hydrogen-bond donors (Lipinski definition) is 1. The van der Waals surface area contributed by atoms with Crippen LogP contribution in [0.25, 0.3) is 0 Å². The van der Waals surface area contributed by atoms with Gasteiger partial charge in [-0.1, -0.05) is 6.07 Å². The Morgan fingerprint density at radius 1 is 1.13 bits per heavy atom. The molecule has 0 saturated carbocycles. The topological polar surface area (TPSA) is 18.5 Å². The minimum Gasteiger partial charge on any atom is -0.497 e. The van der Waals surface area contributed by atoms with E-state index in [9.17, 15) is 0 Å². The summed E-state index contributed by atoms with van der Waals surface area (Å²) in [7, 11) is 1.66. The number of thiol groups is 1. The maximum atomic E-state index is 5.59. The van der Waals surface area contributed by atoms with Crippen molar-refractivity contribution < 1.29 is 9.47 Å². The fraction of sp³-hybridized carbons (Fsp3) is 0.500. The molecule has 0 radical (unpaired) electrons. The second kappa shape index (κ2) is 7.46. The highest BCUT2D eigenvalue weighted by atomic mass is 32.1. The van der Waals surface area contributed by atoms with Crippen molar-refractivity contribution in [3.63, 3.8) is 0 Å². The first kappa shape index (κ1) is 12.2. The molecule has 84 valence electrons. The van der Waals surface area contributed by atoms with E-state index in [0.717, 1.165) is 36.7 Å². The summed E-state index contributed by atoms with van der Waals surface area (Å²) < 4.78 is 10.7. The van der Waals surface area contributed by atoms with Gasteiger partial charge in [0.2, 0.25) is 0 Å². The van der Waals surface area contributed by atoms with Crippen LogP contribution >= 0.6 is 12.6 Å². The number of rotatable bonds is 7. The molecule has 1 aromatic rings. The molecule has 0 atom stereocenters. The molecule has 0 saturated heterocycles. The highest BCUT2D eigenvalue weighted by Crippen LogP contribution is 2.18. The summed E-state index contributed by atoms with van der Waals surface area (Å²) in [4.78, 5) is 0. The minimum absolute atomic E-state index is 0.765. The normalized spacial score (nSPS) is 10.0. The van der Waals surface area contributed by atoms with Gasteiger partial charge in [-0.3, -0.25) is 0 Å². The SMILES string of the molecule is COc1cccc(OCCCCCS)c1. The van der Waals surface area contributed by atoms with Crippen molar-refractivity contribution in [3.8, 4) is 11.5 Å². The van der Waals surface area contributed by atoms with Crippen LogP contribution in [0.15, 0.2) is 24.3 Å². The molecule has 0 heterocycles. The number of methoxy groups -OCH3 is 1. The second-order valence-electron chi connectivity index (χ2n) is 3.31. The predicted molar refractivity (Wildman–Crippen MR) is 66.2 cm³/mol. The summed E-state index contributed by atoms with van der Waals surface area (Å²) in [6.07, 6.45) is 3.41. The van der Waals surface area contributed by atoms with Crippen LogP contribution in [0, 0.1) is 0 Å². The van der Waals surface area contributed by atoms with Crippen LogP contribution in [0.4, 0.5) is 0 Å². The molecule has 0 bridgehead atoms. The standard InChI is InChI=1S/C12H18O2S/c1-13-11-6-5-7-12(10-11)14-8-3-2-4-9-15/h5-7,10,15H,2-4,8-9H2,1H3. The van der Waals surface area contributed by atoms with E-state index in [1.165, 1.54) is 6.42 Å². The summed E-state index contributed by atoms with van der Waals surface area (Å²) >= 11 is 4.16. The molecule has 0 aliphatic rings. The molecule has 1 aromatic carbocycles. The molecule has 0 aromatic heterocycles. The van der Waals surface area contributed by atoms with E-state index in [1.807, 2.05) is 24.3 Å². The van der Waals surface area contributed by atoms with Crippen LogP contribution in [-0.2, 0) is 0 Å². The Kier molecular flexibility index (Phi) is 6.09. The lowest BCUT2D eigenvalue weighted by Gasteiger charge is -2.07. The highest BCUT2D eigenvalue weighted by molar-refractivity contribution is 7.80. The fourth-order valence-corrected chi connectivity index (χ4v) is 1.50. The summed E-state index contributed by atoms with van der Waals surface area (Å²) in [6.45, 7) is 0.765. The minimum atomic E-state index is 0.765. The third-order valence-electron chi connectivity index (χ3n) is 2.11. The third-order valence-corrected chi connectivity index (χ3v) is 2.43. The van der Waals surface area contributed by atoms with Gasteiger partial charge in [0.25, 0.3) is 0 Å². The van der Waals surface area contributed by atoms with Gasteiger partial charge in [-0.05, 0) is 37.1 Å². The molecular formula is C12H18O2S. The van der Waals surface area contributed by atoms with Crippen molar-refractivity contribution in [2.24, 2.45) is 0 Å². The molecule has 0 fully saturated rings. The number of hydrogen-bond acceptors (Lipinski definition) is 3. The van der Waals surface area contributed by atoms with Crippen molar-refractivity contribution in [1.82, 2.24) is 0 Å². The molecule has 0 unspecified atom stereocenters. The lowest BCUT2D eigenvalue weighted by Crippen LogP contribution is -1.97. The van der Waals surface area contributed by atoms with E-state index in [1.54, 1.807) is 7.11 Å². The number of ether oxygens (including phenoxy) is 2. The van der Waals surface area contributed by atoms with Gasteiger partial charge in [0.05, 0.1) is 13.7 Å². The van der Waals surface area contributed by atoms with E-state index >= 15 is 0 Å². The Hall–Kier alpha value is -0.830. The van der Waals surface area contributed by atoms with E-state index in [4.69, 9.17) is 9.47 Å². The zero-order chi connectivity index (χ0) is 10.9. The molecule has 0 aliphatic heterocycles. The fourth-order valence-electron chi connectivity index (χ4n) is 1.27. The maximum absolute atomic E-state index is 5.59. The molecule has 0 N–H and O–H groups in total. The molecule has 0 aliphatic carbocycles. The van der Waals surface area contributed by atoms with Gasteiger partial charge in [0.15, 0.2) is 0 Å². The second-order valence-corrected chi connectivity index (χ2v) is 3.76. The zero-order valence-electron chi connectivity index (χ0n) is 9.11. The van der Waals surface area contributed by atoms with Crippen molar-refractivity contribution in [1.29, 1.82) is 0 Å². The largest absolute Gasteiger partial charge is 0.497 e. The lowest BCUT2D eigenvalue weighted by molar-refractivity contribution is 0.304. The molecule has 15 heavy (non-hydrogen) atoms. The first-order valence-corrected chi connectivity index (χ1v) is 5.88. The Morgan fingerprint density at radius 3 is 2.67 bits per heavy atom. The van der Waals surface area contributed by atoms with Gasteiger partial charge < -0.3 is 9.47 Å². The van der Waals surface area contributed by atoms with Crippen LogP contribution in [-0.4, -0.2) is 19.5 Å². The van der Waals surface area contributed by atoms with Gasteiger partial charge in [-0.15, -0.1) is 0 Å². The van der Waals surface area contributed by atoms with Gasteiger partial charge in [-0.25, -0.2) is 0 Å². The Balaban J connectivity index is 2.24. The highest BCUT2D eigenvalue weighted by Gasteiger charge is 1.96. The van der Waals surface area contributed by atoms with Crippen LogP contribution in [0.1, 0.15) is 19.3 Å². The average Bonchev–Trinajstić information content (AvgIpc) is 2.29. The van der Waals surface area contributed by atoms with Crippen molar-refractivity contribution in [3.05, 3.63) is 24.3 Å². The first-order chi connectivity index (χ1) is 7.36. The van der Waals surface area contributed by atoms with Crippen molar-refractivity contribution in [2.75, 3.05) is 19.5 Å². The summed E-state index contributed by atoms with van der Waals surface area (Å²) in [5.74, 6) is 2.67. The van der Waals surface area contributed by atoms with E-state index in [-0.39, 0.29) is 0 Å². The average molecular weight is 226 g/mol. The Morgan fingerprint density at radius 2 is 1.93 bits per heavy atom. The molecule has 1 rings (SSSR count). The van der Waals surface area contributed by atoms with Crippen molar-refractivity contribution >= 4 is 12.6 Å². The molecule has 0 spiro atoms.